The zero-order valence-corrected chi connectivity index (χ0v) is 9.10. The van der Waals surface area contributed by atoms with Crippen molar-refractivity contribution >= 4 is 27.8 Å². The lowest BCUT2D eigenvalue weighted by molar-refractivity contribution is 0.567. The summed E-state index contributed by atoms with van der Waals surface area (Å²) in [6.07, 6.45) is 1.39. The maximum Gasteiger partial charge on any atom is 0.347 e. The highest BCUT2D eigenvalue weighted by atomic mass is 16.4. The van der Waals surface area contributed by atoms with Crippen molar-refractivity contribution < 1.29 is 4.42 Å². The Morgan fingerprint density at radius 2 is 2.12 bits per heavy atom. The lowest BCUT2D eigenvalue weighted by Gasteiger charge is -2.03. The second-order valence-electron chi connectivity index (χ2n) is 3.83. The highest BCUT2D eigenvalue weighted by Gasteiger charge is 2.10. The van der Waals surface area contributed by atoms with E-state index in [4.69, 9.17) is 10.2 Å². The van der Waals surface area contributed by atoms with Crippen molar-refractivity contribution in [1.29, 1.82) is 0 Å². The number of nitrogens with zero attached hydrogens (tertiary/aromatic N) is 2. The summed E-state index contributed by atoms with van der Waals surface area (Å²) in [5.74, 6) is 0.144. The minimum absolute atomic E-state index is 0.144. The third-order valence-electron chi connectivity index (χ3n) is 2.69. The Kier molecular flexibility index (Phi) is 1.89. The Morgan fingerprint density at radius 3 is 2.94 bits per heavy atom. The number of fused-ring (bicyclic) bond motifs is 3. The van der Waals surface area contributed by atoms with E-state index in [1.54, 1.807) is 0 Å². The molecule has 84 valence electrons. The number of aromatic nitrogens is 2. The number of rotatable bonds is 0. The second-order valence-corrected chi connectivity index (χ2v) is 3.83. The van der Waals surface area contributed by atoms with Gasteiger partial charge in [-0.3, -0.25) is 0 Å². The van der Waals surface area contributed by atoms with Crippen LogP contribution in [-0.4, -0.2) is 9.97 Å². The van der Waals surface area contributed by atoms with Crippen LogP contribution in [0.3, 0.4) is 0 Å². The molecule has 0 unspecified atom stereocenters. The molecule has 3 rings (SSSR count). The average Bonchev–Trinajstić information content (AvgIpc) is 2.31. The fourth-order valence-corrected chi connectivity index (χ4v) is 1.87. The molecule has 0 bridgehead atoms. The largest absolute Gasteiger partial charge is 0.422 e. The molecule has 0 radical (unpaired) electrons. The van der Waals surface area contributed by atoms with Crippen LogP contribution in [0.25, 0.3) is 21.9 Å². The maximum atomic E-state index is 11.8. The molecule has 0 spiro atoms. The van der Waals surface area contributed by atoms with Crippen molar-refractivity contribution in [2.24, 2.45) is 0 Å². The molecule has 5 nitrogen and oxygen atoms in total. The number of anilines is 1. The molecule has 2 N–H and O–H groups in total. The zero-order chi connectivity index (χ0) is 12.0. The van der Waals surface area contributed by atoms with Gasteiger partial charge in [0.25, 0.3) is 0 Å². The zero-order valence-electron chi connectivity index (χ0n) is 9.10. The van der Waals surface area contributed by atoms with Crippen LogP contribution in [0, 0.1) is 6.92 Å². The van der Waals surface area contributed by atoms with Gasteiger partial charge in [0.1, 0.15) is 11.0 Å². The molecule has 0 atom stereocenters. The predicted molar refractivity (Wildman–Crippen MR) is 64.7 cm³/mol. The minimum Gasteiger partial charge on any atom is -0.422 e. The van der Waals surface area contributed by atoms with Crippen LogP contribution in [0.5, 0.6) is 0 Å². The van der Waals surface area contributed by atoms with E-state index >= 15 is 0 Å². The third kappa shape index (κ3) is 1.36. The van der Waals surface area contributed by atoms with Crippen molar-refractivity contribution in [2.75, 3.05) is 5.73 Å². The maximum absolute atomic E-state index is 11.8. The Bertz CT molecular complexity index is 793. The van der Waals surface area contributed by atoms with E-state index in [2.05, 4.69) is 9.97 Å². The number of para-hydroxylation sites is 1. The standard InChI is InChI=1S/C12H9N3O2/c1-6-3-2-4-7-9-8(5-14-12(13)15-9)11(16)17-10(6)7/h2-5H,1H3,(H2,13,14,15). The molecule has 5 heteroatoms. The number of nitrogens with two attached hydrogens (primary N) is 1. The van der Waals surface area contributed by atoms with Crippen LogP contribution in [0.4, 0.5) is 5.95 Å². The summed E-state index contributed by atoms with van der Waals surface area (Å²) in [5.41, 5.74) is 7.07. The molecule has 2 heterocycles. The summed E-state index contributed by atoms with van der Waals surface area (Å²) < 4.78 is 5.27. The summed E-state index contributed by atoms with van der Waals surface area (Å²) in [7, 11) is 0. The van der Waals surface area contributed by atoms with E-state index in [-0.39, 0.29) is 5.95 Å². The second kappa shape index (κ2) is 3.28. The molecule has 0 fully saturated rings. The van der Waals surface area contributed by atoms with Gasteiger partial charge in [-0.05, 0) is 18.6 Å². The Balaban J connectivity index is 2.67. The van der Waals surface area contributed by atoms with Gasteiger partial charge in [-0.25, -0.2) is 14.8 Å². The molecule has 0 saturated carbocycles. The molecule has 0 aliphatic rings. The van der Waals surface area contributed by atoms with Gasteiger partial charge >= 0.3 is 5.63 Å². The topological polar surface area (TPSA) is 82.0 Å². The van der Waals surface area contributed by atoms with Gasteiger partial charge in [0.15, 0.2) is 0 Å². The summed E-state index contributed by atoms with van der Waals surface area (Å²) in [5, 5.41) is 1.12. The molecule has 17 heavy (non-hydrogen) atoms. The molecular weight excluding hydrogens is 218 g/mol. The van der Waals surface area contributed by atoms with Crippen molar-refractivity contribution in [2.45, 2.75) is 6.92 Å². The van der Waals surface area contributed by atoms with E-state index < -0.39 is 5.63 Å². The van der Waals surface area contributed by atoms with Crippen molar-refractivity contribution in [1.82, 2.24) is 9.97 Å². The SMILES string of the molecule is Cc1cccc2c1oc(=O)c1cnc(N)nc12. The first-order valence-corrected chi connectivity index (χ1v) is 5.11. The summed E-state index contributed by atoms with van der Waals surface area (Å²) in [6.45, 7) is 1.88. The van der Waals surface area contributed by atoms with Crippen molar-refractivity contribution in [3.05, 3.63) is 40.4 Å². The van der Waals surface area contributed by atoms with Crippen LogP contribution >= 0.6 is 0 Å². The smallest absolute Gasteiger partial charge is 0.347 e. The van der Waals surface area contributed by atoms with E-state index in [0.29, 0.717) is 16.5 Å². The lowest BCUT2D eigenvalue weighted by atomic mass is 10.1. The van der Waals surface area contributed by atoms with E-state index in [9.17, 15) is 4.79 Å². The quantitative estimate of drug-likeness (QED) is 0.466. The third-order valence-corrected chi connectivity index (χ3v) is 2.69. The predicted octanol–water partition coefficient (Wildman–Crippen LogP) is 1.63. The average molecular weight is 227 g/mol. The molecule has 1 aromatic carbocycles. The monoisotopic (exact) mass is 227 g/mol. The van der Waals surface area contributed by atoms with E-state index in [1.165, 1.54) is 6.20 Å². The van der Waals surface area contributed by atoms with E-state index in [0.717, 1.165) is 10.9 Å². The molecule has 3 aromatic rings. The Labute approximate surface area is 95.9 Å². The fraction of sp³-hybridized carbons (Fsp3) is 0.0833. The first-order chi connectivity index (χ1) is 8.16. The van der Waals surface area contributed by atoms with Gasteiger partial charge in [0, 0.05) is 11.6 Å². The number of nitrogen functional groups attached to an aromatic ring is 1. The molecule has 0 aliphatic carbocycles. The first-order valence-electron chi connectivity index (χ1n) is 5.11. The van der Waals surface area contributed by atoms with Crippen molar-refractivity contribution in [3.63, 3.8) is 0 Å². The summed E-state index contributed by atoms with van der Waals surface area (Å²) in [4.78, 5) is 19.7. The van der Waals surface area contributed by atoms with Gasteiger partial charge in [-0.2, -0.15) is 0 Å². The lowest BCUT2D eigenvalue weighted by Crippen LogP contribution is -2.04. The molecule has 0 aliphatic heterocycles. The molecule has 2 aromatic heterocycles. The minimum atomic E-state index is -0.443. The number of aryl methyl sites for hydroxylation is 1. The summed E-state index contributed by atoms with van der Waals surface area (Å²) >= 11 is 0. The fourth-order valence-electron chi connectivity index (χ4n) is 1.87. The van der Waals surface area contributed by atoms with Gasteiger partial charge < -0.3 is 10.2 Å². The van der Waals surface area contributed by atoms with Crippen LogP contribution in [0.2, 0.25) is 0 Å². The number of hydrogen-bond acceptors (Lipinski definition) is 5. The van der Waals surface area contributed by atoms with Crippen LogP contribution in [0.1, 0.15) is 5.56 Å². The Morgan fingerprint density at radius 1 is 1.29 bits per heavy atom. The van der Waals surface area contributed by atoms with Crippen LogP contribution in [-0.2, 0) is 0 Å². The van der Waals surface area contributed by atoms with E-state index in [1.807, 2.05) is 25.1 Å². The van der Waals surface area contributed by atoms with Crippen LogP contribution < -0.4 is 11.4 Å². The summed E-state index contributed by atoms with van der Waals surface area (Å²) in [6, 6.07) is 5.61. The van der Waals surface area contributed by atoms with Gasteiger partial charge in [0.05, 0.1) is 5.52 Å². The normalized spacial score (nSPS) is 11.1. The van der Waals surface area contributed by atoms with Crippen LogP contribution in [0.15, 0.2) is 33.6 Å². The molecular formula is C12H9N3O2. The van der Waals surface area contributed by atoms with Gasteiger partial charge in [-0.15, -0.1) is 0 Å². The molecule has 0 amide bonds. The van der Waals surface area contributed by atoms with Gasteiger partial charge in [-0.1, -0.05) is 12.1 Å². The number of hydrogen-bond donors (Lipinski definition) is 1. The highest BCUT2D eigenvalue weighted by Crippen LogP contribution is 2.23. The Hall–Kier alpha value is -2.43. The van der Waals surface area contributed by atoms with Gasteiger partial charge in [0.2, 0.25) is 5.95 Å². The number of benzene rings is 1. The highest BCUT2D eigenvalue weighted by molar-refractivity contribution is 6.02. The van der Waals surface area contributed by atoms with Crippen molar-refractivity contribution in [3.8, 4) is 0 Å². The first kappa shape index (κ1) is 9.77. The molecule has 0 saturated heterocycles.